The first-order valence-corrected chi connectivity index (χ1v) is 17.7. The highest BCUT2D eigenvalue weighted by molar-refractivity contribution is 6.28. The maximum absolute atomic E-state index is 6.40. The summed E-state index contributed by atoms with van der Waals surface area (Å²) in [5.74, 6) is 0. The molecule has 52 heavy (non-hydrogen) atoms. The summed E-state index contributed by atoms with van der Waals surface area (Å²) in [5, 5.41) is 9.37. The molecule has 0 N–H and O–H groups in total. The van der Waals surface area contributed by atoms with Gasteiger partial charge in [0.1, 0.15) is 22.3 Å². The van der Waals surface area contributed by atoms with Crippen molar-refractivity contribution in [3.63, 3.8) is 0 Å². The van der Waals surface area contributed by atoms with Crippen LogP contribution >= 0.6 is 0 Å². The van der Waals surface area contributed by atoms with Crippen LogP contribution in [0.2, 0.25) is 0 Å². The molecule has 0 amide bonds. The van der Waals surface area contributed by atoms with E-state index in [0.29, 0.717) is 0 Å². The lowest BCUT2D eigenvalue weighted by molar-refractivity contribution is 0.669. The third-order valence-corrected chi connectivity index (χ3v) is 10.9. The Labute approximate surface area is 296 Å². The molecule has 0 atom stereocenters. The van der Waals surface area contributed by atoms with Crippen molar-refractivity contribution >= 4 is 87.5 Å². The molecule has 4 nitrogen and oxygen atoms in total. The quantitative estimate of drug-likeness (QED) is 0.188. The molecular formula is C48H28N2O2. The van der Waals surface area contributed by atoms with Crippen molar-refractivity contribution in [3.8, 4) is 22.5 Å². The number of rotatable bonds is 3. The lowest BCUT2D eigenvalue weighted by Crippen LogP contribution is -1.93. The van der Waals surface area contributed by atoms with E-state index in [1.807, 2.05) is 18.2 Å². The monoisotopic (exact) mass is 664 g/mol. The summed E-state index contributed by atoms with van der Waals surface area (Å²) in [4.78, 5) is 0. The summed E-state index contributed by atoms with van der Waals surface area (Å²) in [6.07, 6.45) is 0. The number of aromatic nitrogens is 2. The van der Waals surface area contributed by atoms with Crippen LogP contribution in [0.4, 0.5) is 0 Å². The van der Waals surface area contributed by atoms with Gasteiger partial charge in [-0.2, -0.15) is 0 Å². The molecule has 0 aliphatic heterocycles. The molecule has 4 aromatic heterocycles. The van der Waals surface area contributed by atoms with Crippen molar-refractivity contribution in [2.75, 3.05) is 0 Å². The van der Waals surface area contributed by atoms with E-state index >= 15 is 0 Å². The van der Waals surface area contributed by atoms with Gasteiger partial charge in [-0.25, -0.2) is 0 Å². The van der Waals surface area contributed by atoms with Crippen molar-refractivity contribution in [1.82, 2.24) is 9.13 Å². The summed E-state index contributed by atoms with van der Waals surface area (Å²) >= 11 is 0. The minimum atomic E-state index is 0.896. The summed E-state index contributed by atoms with van der Waals surface area (Å²) in [6.45, 7) is 0. The second-order valence-corrected chi connectivity index (χ2v) is 13.7. The molecule has 0 unspecified atom stereocenters. The highest BCUT2D eigenvalue weighted by Crippen LogP contribution is 2.44. The van der Waals surface area contributed by atoms with Crippen LogP contribution in [0.5, 0.6) is 0 Å². The lowest BCUT2D eigenvalue weighted by Gasteiger charge is -2.09. The van der Waals surface area contributed by atoms with Crippen LogP contribution in [0.15, 0.2) is 179 Å². The van der Waals surface area contributed by atoms with Gasteiger partial charge in [0.2, 0.25) is 0 Å². The first-order valence-electron chi connectivity index (χ1n) is 17.7. The Kier molecular flexibility index (Phi) is 5.47. The van der Waals surface area contributed by atoms with Crippen LogP contribution in [0, 0.1) is 0 Å². The maximum Gasteiger partial charge on any atom is 0.137 e. The van der Waals surface area contributed by atoms with Gasteiger partial charge >= 0.3 is 0 Å². The Morgan fingerprint density at radius 3 is 1.56 bits per heavy atom. The molecule has 0 aliphatic carbocycles. The minimum Gasteiger partial charge on any atom is -0.456 e. The number of furan rings is 2. The molecule has 4 heteroatoms. The van der Waals surface area contributed by atoms with E-state index < -0.39 is 0 Å². The average molecular weight is 665 g/mol. The van der Waals surface area contributed by atoms with E-state index in [9.17, 15) is 0 Å². The molecule has 0 fully saturated rings. The number of benzene rings is 8. The van der Waals surface area contributed by atoms with Gasteiger partial charge in [0, 0.05) is 60.5 Å². The fraction of sp³-hybridized carbons (Fsp3) is 0. The first-order chi connectivity index (χ1) is 25.8. The van der Waals surface area contributed by atoms with Crippen molar-refractivity contribution in [1.29, 1.82) is 0 Å². The molecule has 12 aromatic rings. The standard InChI is InChI=1S/C48H28N2O2/c1-3-11-31(12-4-1)49-40-22-20-30(26-38(40)47-41(49)23-24-45-48(47)34-16-8-10-18-44(34)51-45)29-19-21-39-35(25-29)36-27-37-33-15-7-9-17-43(33)52-46(37)28-42(36)50(39)32-13-5-2-6-14-32/h1-28H. The van der Waals surface area contributed by atoms with Crippen LogP contribution in [0.1, 0.15) is 0 Å². The summed E-state index contributed by atoms with van der Waals surface area (Å²) in [6, 6.07) is 60.6. The topological polar surface area (TPSA) is 36.1 Å². The van der Waals surface area contributed by atoms with Crippen LogP contribution in [-0.2, 0) is 0 Å². The van der Waals surface area contributed by atoms with E-state index in [0.717, 1.165) is 71.8 Å². The van der Waals surface area contributed by atoms with Gasteiger partial charge in [0.15, 0.2) is 0 Å². The Morgan fingerprint density at radius 1 is 0.288 bits per heavy atom. The van der Waals surface area contributed by atoms with E-state index in [4.69, 9.17) is 8.83 Å². The number of nitrogens with zero attached hydrogens (tertiary/aromatic N) is 2. The largest absolute Gasteiger partial charge is 0.456 e. The maximum atomic E-state index is 6.40. The van der Waals surface area contributed by atoms with Crippen LogP contribution in [0.3, 0.4) is 0 Å². The third kappa shape index (κ3) is 3.75. The number of fused-ring (bicyclic) bond motifs is 13. The highest BCUT2D eigenvalue weighted by Gasteiger charge is 2.21. The van der Waals surface area contributed by atoms with E-state index in [2.05, 4.69) is 161 Å². The molecule has 0 spiro atoms. The number of hydrogen-bond acceptors (Lipinski definition) is 2. The molecule has 0 radical (unpaired) electrons. The fourth-order valence-corrected chi connectivity index (χ4v) is 8.63. The number of para-hydroxylation sites is 4. The zero-order valence-electron chi connectivity index (χ0n) is 27.9. The lowest BCUT2D eigenvalue weighted by atomic mass is 9.99. The van der Waals surface area contributed by atoms with Gasteiger partial charge < -0.3 is 18.0 Å². The molecule has 0 aliphatic rings. The summed E-state index contributed by atoms with van der Waals surface area (Å²) < 4.78 is 17.5. The molecule has 0 saturated carbocycles. The van der Waals surface area contributed by atoms with Crippen LogP contribution < -0.4 is 0 Å². The Bertz CT molecular complexity index is 3400. The second-order valence-electron chi connectivity index (χ2n) is 13.7. The van der Waals surface area contributed by atoms with Gasteiger partial charge in [-0.3, -0.25) is 0 Å². The normalized spacial score (nSPS) is 12.2. The van der Waals surface area contributed by atoms with Gasteiger partial charge in [0.05, 0.1) is 22.1 Å². The SMILES string of the molecule is c1ccc(-n2c3ccc(-c4ccc5c(c4)c4c6c(ccc4n5-c4ccccc4)oc4ccccc46)cc3c3cc4c(cc32)oc2ccccc24)cc1. The van der Waals surface area contributed by atoms with Gasteiger partial charge in [-0.05, 0) is 90.0 Å². The van der Waals surface area contributed by atoms with Gasteiger partial charge in [-0.1, -0.05) is 84.9 Å². The second kappa shape index (κ2) is 10.3. The van der Waals surface area contributed by atoms with Gasteiger partial charge in [-0.15, -0.1) is 0 Å². The van der Waals surface area contributed by atoms with Crippen molar-refractivity contribution in [3.05, 3.63) is 170 Å². The van der Waals surface area contributed by atoms with E-state index in [1.54, 1.807) is 0 Å². The summed E-state index contributed by atoms with van der Waals surface area (Å²) in [7, 11) is 0. The predicted molar refractivity (Wildman–Crippen MR) is 215 cm³/mol. The zero-order valence-corrected chi connectivity index (χ0v) is 27.9. The smallest absolute Gasteiger partial charge is 0.137 e. The predicted octanol–water partition coefficient (Wildman–Crippen LogP) is 13.3. The zero-order chi connectivity index (χ0) is 33.9. The Balaban J connectivity index is 1.16. The molecule has 12 rings (SSSR count). The third-order valence-electron chi connectivity index (χ3n) is 10.9. The first kappa shape index (κ1) is 27.7. The van der Waals surface area contributed by atoms with Crippen molar-refractivity contribution < 1.29 is 8.83 Å². The van der Waals surface area contributed by atoms with Gasteiger partial charge in [0.25, 0.3) is 0 Å². The molecule has 0 bridgehead atoms. The summed E-state index contributed by atoms with van der Waals surface area (Å²) in [5.41, 5.74) is 12.8. The van der Waals surface area contributed by atoms with Crippen LogP contribution in [0.25, 0.3) is 110 Å². The minimum absolute atomic E-state index is 0.896. The molecular weight excluding hydrogens is 637 g/mol. The number of hydrogen-bond donors (Lipinski definition) is 0. The molecule has 242 valence electrons. The molecule has 4 heterocycles. The van der Waals surface area contributed by atoms with E-state index in [-0.39, 0.29) is 0 Å². The van der Waals surface area contributed by atoms with Crippen molar-refractivity contribution in [2.24, 2.45) is 0 Å². The average Bonchev–Trinajstić information content (AvgIpc) is 3.94. The molecule has 8 aromatic carbocycles. The van der Waals surface area contributed by atoms with E-state index in [1.165, 1.54) is 38.2 Å². The highest BCUT2D eigenvalue weighted by atomic mass is 16.3. The fourth-order valence-electron chi connectivity index (χ4n) is 8.63. The Hall–Kier alpha value is -7.04. The van der Waals surface area contributed by atoms with Crippen LogP contribution in [-0.4, -0.2) is 9.13 Å². The molecule has 0 saturated heterocycles. The Morgan fingerprint density at radius 2 is 0.827 bits per heavy atom. The van der Waals surface area contributed by atoms with Crippen molar-refractivity contribution in [2.45, 2.75) is 0 Å².